The number of nitrogens with one attached hydrogen (secondary N) is 2. The number of ether oxygens (including phenoxy) is 1. The lowest BCUT2D eigenvalue weighted by atomic mass is 9.87. The maximum absolute atomic E-state index is 12.8. The number of hydrogen-bond acceptors (Lipinski definition) is 4. The molecule has 0 aromatic heterocycles. The maximum atomic E-state index is 12.8. The van der Waals surface area contributed by atoms with Gasteiger partial charge in [-0.05, 0) is 47.4 Å². The lowest BCUT2D eigenvalue weighted by Crippen LogP contribution is -2.32. The fourth-order valence-corrected chi connectivity index (χ4v) is 2.30. The van der Waals surface area contributed by atoms with Crippen molar-refractivity contribution in [2.24, 2.45) is 0 Å². The summed E-state index contributed by atoms with van der Waals surface area (Å²) in [6.07, 6.45) is 0. The predicted octanol–water partition coefficient (Wildman–Crippen LogP) is 3.03. The number of carbonyl (C=O) groups excluding carboxylic acids is 3. The molecule has 0 saturated carbocycles. The van der Waals surface area contributed by atoms with Crippen LogP contribution in [0.5, 0.6) is 0 Å². The third kappa shape index (κ3) is 6.50. The Kier molecular flexibility index (Phi) is 6.87. The fraction of sp³-hybridized carbons (Fsp3) is 0.286. The molecule has 148 valence electrons. The molecule has 2 aromatic rings. The van der Waals surface area contributed by atoms with Crippen LogP contribution in [0.2, 0.25) is 0 Å². The zero-order valence-electron chi connectivity index (χ0n) is 16.0. The van der Waals surface area contributed by atoms with Crippen molar-refractivity contribution in [3.8, 4) is 0 Å². The number of benzene rings is 2. The third-order valence-corrected chi connectivity index (χ3v) is 3.90. The summed E-state index contributed by atoms with van der Waals surface area (Å²) in [5.74, 6) is -2.14. The van der Waals surface area contributed by atoms with Crippen LogP contribution in [0.25, 0.3) is 0 Å². The van der Waals surface area contributed by atoms with Gasteiger partial charge in [-0.15, -0.1) is 0 Å². The van der Waals surface area contributed by atoms with Crippen LogP contribution in [0, 0.1) is 5.82 Å². The first kappa shape index (κ1) is 21.1. The number of rotatable bonds is 6. The summed E-state index contributed by atoms with van der Waals surface area (Å²) in [4.78, 5) is 35.5. The molecule has 0 aliphatic rings. The van der Waals surface area contributed by atoms with Crippen LogP contribution in [0.4, 0.5) is 10.1 Å². The SMILES string of the molecule is CC(C)(C)c1ccc(C(=O)NCC(=O)OCC(=O)Nc2ccc(F)cc2)cc1. The summed E-state index contributed by atoms with van der Waals surface area (Å²) in [5.41, 5.74) is 1.88. The van der Waals surface area contributed by atoms with E-state index in [2.05, 4.69) is 31.4 Å². The zero-order valence-corrected chi connectivity index (χ0v) is 16.0. The van der Waals surface area contributed by atoms with Gasteiger partial charge < -0.3 is 15.4 Å². The monoisotopic (exact) mass is 386 g/mol. The molecule has 0 saturated heterocycles. The van der Waals surface area contributed by atoms with E-state index in [1.165, 1.54) is 24.3 Å². The van der Waals surface area contributed by atoms with Crippen LogP contribution in [0.1, 0.15) is 36.7 Å². The van der Waals surface area contributed by atoms with Crippen molar-refractivity contribution in [2.75, 3.05) is 18.5 Å². The van der Waals surface area contributed by atoms with Crippen molar-refractivity contribution in [1.82, 2.24) is 5.32 Å². The Morgan fingerprint density at radius 3 is 2.14 bits per heavy atom. The van der Waals surface area contributed by atoms with Gasteiger partial charge in [-0.2, -0.15) is 0 Å². The second-order valence-electron chi connectivity index (χ2n) is 7.23. The smallest absolute Gasteiger partial charge is 0.325 e. The predicted molar refractivity (Wildman–Crippen MR) is 103 cm³/mol. The third-order valence-electron chi connectivity index (χ3n) is 3.90. The summed E-state index contributed by atoms with van der Waals surface area (Å²) in [6, 6.07) is 12.3. The first-order chi connectivity index (χ1) is 13.1. The summed E-state index contributed by atoms with van der Waals surface area (Å²) >= 11 is 0. The highest BCUT2D eigenvalue weighted by Crippen LogP contribution is 2.22. The van der Waals surface area contributed by atoms with Gasteiger partial charge in [-0.1, -0.05) is 32.9 Å². The second kappa shape index (κ2) is 9.12. The molecule has 0 radical (unpaired) electrons. The Labute approximate surface area is 163 Å². The highest BCUT2D eigenvalue weighted by atomic mass is 19.1. The average molecular weight is 386 g/mol. The van der Waals surface area contributed by atoms with E-state index in [4.69, 9.17) is 4.74 Å². The van der Waals surface area contributed by atoms with E-state index in [0.29, 0.717) is 11.3 Å². The van der Waals surface area contributed by atoms with Crippen molar-refractivity contribution in [1.29, 1.82) is 0 Å². The summed E-state index contributed by atoms with van der Waals surface area (Å²) < 4.78 is 17.6. The van der Waals surface area contributed by atoms with E-state index < -0.39 is 30.2 Å². The molecule has 2 amide bonds. The molecule has 2 aromatic carbocycles. The molecule has 0 aliphatic heterocycles. The first-order valence-corrected chi connectivity index (χ1v) is 8.75. The van der Waals surface area contributed by atoms with Crippen LogP contribution < -0.4 is 10.6 Å². The Bertz CT molecular complexity index is 840. The van der Waals surface area contributed by atoms with Crippen molar-refractivity contribution in [2.45, 2.75) is 26.2 Å². The summed E-state index contributed by atoms with van der Waals surface area (Å²) in [5, 5.41) is 4.91. The van der Waals surface area contributed by atoms with Gasteiger partial charge in [0, 0.05) is 11.3 Å². The molecular weight excluding hydrogens is 363 g/mol. The number of esters is 1. The molecule has 0 unspecified atom stereocenters. The lowest BCUT2D eigenvalue weighted by molar-refractivity contribution is -0.146. The van der Waals surface area contributed by atoms with Gasteiger partial charge in [-0.25, -0.2) is 4.39 Å². The number of amides is 2. The lowest BCUT2D eigenvalue weighted by Gasteiger charge is -2.19. The van der Waals surface area contributed by atoms with Gasteiger partial charge in [0.2, 0.25) is 0 Å². The highest BCUT2D eigenvalue weighted by Gasteiger charge is 2.15. The van der Waals surface area contributed by atoms with Crippen LogP contribution in [-0.4, -0.2) is 30.9 Å². The van der Waals surface area contributed by atoms with Crippen molar-refractivity contribution in [3.63, 3.8) is 0 Å². The minimum absolute atomic E-state index is 0.0205. The molecule has 0 aliphatic carbocycles. The Hall–Kier alpha value is -3.22. The summed E-state index contributed by atoms with van der Waals surface area (Å²) in [7, 11) is 0. The second-order valence-corrected chi connectivity index (χ2v) is 7.23. The van der Waals surface area contributed by atoms with Crippen LogP contribution >= 0.6 is 0 Å². The number of carbonyl (C=O) groups is 3. The van der Waals surface area contributed by atoms with Gasteiger partial charge in [0.15, 0.2) is 6.61 Å². The molecule has 28 heavy (non-hydrogen) atoms. The van der Waals surface area contributed by atoms with E-state index in [-0.39, 0.29) is 12.0 Å². The van der Waals surface area contributed by atoms with E-state index >= 15 is 0 Å². The minimum atomic E-state index is -0.742. The number of hydrogen-bond donors (Lipinski definition) is 2. The van der Waals surface area contributed by atoms with Gasteiger partial charge >= 0.3 is 5.97 Å². The van der Waals surface area contributed by atoms with Crippen LogP contribution in [0.3, 0.4) is 0 Å². The minimum Gasteiger partial charge on any atom is -0.454 e. The largest absolute Gasteiger partial charge is 0.454 e. The molecule has 0 spiro atoms. The first-order valence-electron chi connectivity index (χ1n) is 8.75. The molecule has 0 atom stereocenters. The molecule has 2 rings (SSSR count). The van der Waals surface area contributed by atoms with E-state index in [1.807, 2.05) is 12.1 Å². The van der Waals surface area contributed by atoms with Crippen molar-refractivity contribution >= 4 is 23.5 Å². The molecule has 2 N–H and O–H groups in total. The number of anilines is 1. The van der Waals surface area contributed by atoms with Crippen molar-refractivity contribution < 1.29 is 23.5 Å². The fourth-order valence-electron chi connectivity index (χ4n) is 2.30. The Morgan fingerprint density at radius 1 is 0.964 bits per heavy atom. The molecule has 0 bridgehead atoms. The quantitative estimate of drug-likeness (QED) is 0.748. The normalized spacial score (nSPS) is 10.9. The van der Waals surface area contributed by atoms with Gasteiger partial charge in [0.1, 0.15) is 12.4 Å². The van der Waals surface area contributed by atoms with E-state index in [1.54, 1.807) is 12.1 Å². The highest BCUT2D eigenvalue weighted by molar-refractivity contribution is 5.96. The van der Waals surface area contributed by atoms with Crippen LogP contribution in [-0.2, 0) is 19.7 Å². The van der Waals surface area contributed by atoms with Crippen molar-refractivity contribution in [3.05, 3.63) is 65.5 Å². The molecule has 0 heterocycles. The van der Waals surface area contributed by atoms with Gasteiger partial charge in [-0.3, -0.25) is 14.4 Å². The summed E-state index contributed by atoms with van der Waals surface area (Å²) in [6.45, 7) is 5.36. The molecule has 7 heteroatoms. The maximum Gasteiger partial charge on any atom is 0.325 e. The average Bonchev–Trinajstić information content (AvgIpc) is 2.65. The Balaban J connectivity index is 1.74. The van der Waals surface area contributed by atoms with E-state index in [0.717, 1.165) is 5.56 Å². The molecule has 6 nitrogen and oxygen atoms in total. The Morgan fingerprint density at radius 2 is 1.57 bits per heavy atom. The van der Waals surface area contributed by atoms with Gasteiger partial charge in [0.25, 0.3) is 11.8 Å². The number of halogens is 1. The topological polar surface area (TPSA) is 84.5 Å². The van der Waals surface area contributed by atoms with Crippen LogP contribution in [0.15, 0.2) is 48.5 Å². The van der Waals surface area contributed by atoms with Gasteiger partial charge in [0.05, 0.1) is 0 Å². The standard InChI is InChI=1S/C21H23FN2O4/c1-21(2,3)15-6-4-14(5-7-15)20(27)23-12-19(26)28-13-18(25)24-17-10-8-16(22)9-11-17/h4-11H,12-13H2,1-3H3,(H,23,27)(H,24,25). The van der Waals surface area contributed by atoms with E-state index in [9.17, 15) is 18.8 Å². The zero-order chi connectivity index (χ0) is 20.7. The molecule has 0 fully saturated rings. The molecular formula is C21H23FN2O4.